The average Bonchev–Trinajstić information content (AvgIpc) is 2.29. The van der Waals surface area contributed by atoms with Crippen LogP contribution in [0.15, 0.2) is 30.3 Å². The molecule has 1 aromatic heterocycles. The number of nitrogens with one attached hydrogen (secondary N) is 1. The van der Waals surface area contributed by atoms with Crippen molar-refractivity contribution in [2.24, 2.45) is 0 Å². The van der Waals surface area contributed by atoms with Crippen LogP contribution < -0.4 is 5.32 Å². The van der Waals surface area contributed by atoms with E-state index in [1.165, 1.54) is 5.56 Å². The summed E-state index contributed by atoms with van der Waals surface area (Å²) in [5, 5.41) is 3.04. The third-order valence-electron chi connectivity index (χ3n) is 2.44. The predicted octanol–water partition coefficient (Wildman–Crippen LogP) is 2.80. The van der Waals surface area contributed by atoms with Crippen LogP contribution >= 0.6 is 0 Å². The lowest BCUT2D eigenvalue weighted by molar-refractivity contribution is 1.06. The summed E-state index contributed by atoms with van der Waals surface area (Å²) in [5.41, 5.74) is 3.33. The Bertz CT molecular complexity index is 489. The van der Waals surface area contributed by atoms with Gasteiger partial charge in [0.2, 0.25) is 0 Å². The fourth-order valence-corrected chi connectivity index (χ4v) is 1.57. The lowest BCUT2D eigenvalue weighted by Gasteiger charge is -2.05. The molecule has 0 spiro atoms. The first kappa shape index (κ1) is 10.6. The highest BCUT2D eigenvalue weighted by Crippen LogP contribution is 2.19. The molecule has 0 aliphatic carbocycles. The molecular weight excluding hydrogens is 198 g/mol. The van der Waals surface area contributed by atoms with Gasteiger partial charge in [0.15, 0.2) is 0 Å². The van der Waals surface area contributed by atoms with Crippen LogP contribution in [-0.2, 0) is 0 Å². The van der Waals surface area contributed by atoms with Gasteiger partial charge in [0.25, 0.3) is 0 Å². The number of benzene rings is 1. The molecule has 16 heavy (non-hydrogen) atoms. The van der Waals surface area contributed by atoms with Crippen molar-refractivity contribution in [3.05, 3.63) is 41.7 Å². The highest BCUT2D eigenvalue weighted by molar-refractivity contribution is 5.62. The Morgan fingerprint density at radius 1 is 1.00 bits per heavy atom. The Hall–Kier alpha value is -1.90. The second-order valence-corrected chi connectivity index (χ2v) is 3.80. The van der Waals surface area contributed by atoms with Crippen LogP contribution in [-0.4, -0.2) is 17.0 Å². The highest BCUT2D eigenvalue weighted by Gasteiger charge is 2.02. The van der Waals surface area contributed by atoms with Crippen molar-refractivity contribution >= 4 is 5.82 Å². The van der Waals surface area contributed by atoms with E-state index in [0.29, 0.717) is 0 Å². The van der Waals surface area contributed by atoms with E-state index in [2.05, 4.69) is 46.5 Å². The predicted molar refractivity (Wildman–Crippen MR) is 66.5 cm³/mol. The van der Waals surface area contributed by atoms with E-state index in [4.69, 9.17) is 0 Å². The molecule has 1 aromatic carbocycles. The molecule has 0 aliphatic rings. The Labute approximate surface area is 95.6 Å². The van der Waals surface area contributed by atoms with Crippen LogP contribution in [0.5, 0.6) is 0 Å². The maximum Gasteiger partial charge on any atom is 0.130 e. The summed E-state index contributed by atoms with van der Waals surface area (Å²) in [6.45, 7) is 3.98. The van der Waals surface area contributed by atoms with Crippen molar-refractivity contribution in [3.63, 3.8) is 0 Å². The van der Waals surface area contributed by atoms with E-state index in [0.717, 1.165) is 22.9 Å². The molecular formula is C13H15N3. The zero-order valence-corrected chi connectivity index (χ0v) is 9.78. The molecule has 2 rings (SSSR count). The molecule has 0 fully saturated rings. The molecule has 2 aromatic rings. The number of anilines is 1. The first-order valence-electron chi connectivity index (χ1n) is 5.29. The molecule has 0 radical (unpaired) electrons. The summed E-state index contributed by atoms with van der Waals surface area (Å²) < 4.78 is 0. The van der Waals surface area contributed by atoms with Gasteiger partial charge in [0.05, 0.1) is 5.69 Å². The summed E-state index contributed by atoms with van der Waals surface area (Å²) in [4.78, 5) is 8.70. The molecule has 0 aliphatic heterocycles. The van der Waals surface area contributed by atoms with Gasteiger partial charge >= 0.3 is 0 Å². The Balaban J connectivity index is 2.47. The topological polar surface area (TPSA) is 37.8 Å². The van der Waals surface area contributed by atoms with Crippen LogP contribution in [0.1, 0.15) is 11.4 Å². The minimum Gasteiger partial charge on any atom is -0.373 e. The first-order chi connectivity index (χ1) is 7.69. The number of aryl methyl sites for hydroxylation is 2. The molecule has 0 saturated heterocycles. The third kappa shape index (κ3) is 2.19. The quantitative estimate of drug-likeness (QED) is 0.833. The van der Waals surface area contributed by atoms with Gasteiger partial charge in [-0.3, -0.25) is 0 Å². The maximum atomic E-state index is 4.43. The molecule has 3 heteroatoms. The summed E-state index contributed by atoms with van der Waals surface area (Å²) >= 11 is 0. The summed E-state index contributed by atoms with van der Waals surface area (Å²) in [5.74, 6) is 1.63. The zero-order valence-electron chi connectivity index (χ0n) is 9.78. The van der Waals surface area contributed by atoms with Crippen LogP contribution in [0, 0.1) is 13.8 Å². The minimum absolute atomic E-state index is 0.780. The van der Waals surface area contributed by atoms with Crippen LogP contribution in [0.3, 0.4) is 0 Å². The van der Waals surface area contributed by atoms with Crippen molar-refractivity contribution < 1.29 is 0 Å². The SMILES string of the molecule is CNc1cc(-c2ccc(C)cc2)nc(C)n1. The standard InChI is InChI=1S/C13H15N3/c1-9-4-6-11(7-5-9)12-8-13(14-3)16-10(2)15-12/h4-8H,1-3H3,(H,14,15,16). The van der Waals surface area contributed by atoms with Gasteiger partial charge in [-0.15, -0.1) is 0 Å². The summed E-state index contributed by atoms with van der Waals surface area (Å²) in [6, 6.07) is 10.3. The average molecular weight is 213 g/mol. The largest absolute Gasteiger partial charge is 0.373 e. The number of aromatic nitrogens is 2. The van der Waals surface area contributed by atoms with E-state index in [1.807, 2.05) is 20.0 Å². The van der Waals surface area contributed by atoms with Crippen LogP contribution in [0.25, 0.3) is 11.3 Å². The van der Waals surface area contributed by atoms with Gasteiger partial charge in [-0.1, -0.05) is 29.8 Å². The Morgan fingerprint density at radius 2 is 1.69 bits per heavy atom. The van der Waals surface area contributed by atoms with Crippen LogP contribution in [0.4, 0.5) is 5.82 Å². The number of rotatable bonds is 2. The second-order valence-electron chi connectivity index (χ2n) is 3.80. The van der Waals surface area contributed by atoms with Gasteiger partial charge in [-0.2, -0.15) is 0 Å². The van der Waals surface area contributed by atoms with Gasteiger partial charge in [0.1, 0.15) is 11.6 Å². The Kier molecular flexibility index (Phi) is 2.86. The molecule has 0 atom stereocenters. The summed E-state index contributed by atoms with van der Waals surface area (Å²) in [7, 11) is 1.86. The molecule has 1 N–H and O–H groups in total. The molecule has 1 heterocycles. The van der Waals surface area contributed by atoms with E-state index >= 15 is 0 Å². The molecule has 0 bridgehead atoms. The van der Waals surface area contributed by atoms with E-state index in [-0.39, 0.29) is 0 Å². The monoisotopic (exact) mass is 213 g/mol. The normalized spacial score (nSPS) is 10.2. The number of nitrogens with zero attached hydrogens (tertiary/aromatic N) is 2. The van der Waals surface area contributed by atoms with Gasteiger partial charge < -0.3 is 5.32 Å². The number of hydrogen-bond acceptors (Lipinski definition) is 3. The molecule has 0 unspecified atom stereocenters. The van der Waals surface area contributed by atoms with E-state index in [9.17, 15) is 0 Å². The molecule has 0 saturated carbocycles. The second kappa shape index (κ2) is 4.31. The van der Waals surface area contributed by atoms with E-state index in [1.54, 1.807) is 0 Å². The van der Waals surface area contributed by atoms with Crippen molar-refractivity contribution in [2.45, 2.75) is 13.8 Å². The summed E-state index contributed by atoms with van der Waals surface area (Å²) in [6.07, 6.45) is 0. The lowest BCUT2D eigenvalue weighted by atomic mass is 10.1. The van der Waals surface area contributed by atoms with Crippen LogP contribution in [0.2, 0.25) is 0 Å². The minimum atomic E-state index is 0.780. The molecule has 0 amide bonds. The molecule has 3 nitrogen and oxygen atoms in total. The smallest absolute Gasteiger partial charge is 0.130 e. The van der Waals surface area contributed by atoms with Gasteiger partial charge in [-0.25, -0.2) is 9.97 Å². The highest BCUT2D eigenvalue weighted by atomic mass is 15.0. The van der Waals surface area contributed by atoms with Crippen molar-refractivity contribution in [2.75, 3.05) is 12.4 Å². The fraction of sp³-hybridized carbons (Fsp3) is 0.231. The van der Waals surface area contributed by atoms with Crippen molar-refractivity contribution in [3.8, 4) is 11.3 Å². The van der Waals surface area contributed by atoms with Gasteiger partial charge in [0, 0.05) is 18.7 Å². The molecule has 82 valence electrons. The Morgan fingerprint density at radius 3 is 2.31 bits per heavy atom. The van der Waals surface area contributed by atoms with E-state index < -0.39 is 0 Å². The third-order valence-corrected chi connectivity index (χ3v) is 2.44. The zero-order chi connectivity index (χ0) is 11.5. The fourth-order valence-electron chi connectivity index (χ4n) is 1.57. The van der Waals surface area contributed by atoms with Gasteiger partial charge in [-0.05, 0) is 13.8 Å². The first-order valence-corrected chi connectivity index (χ1v) is 5.29. The maximum absolute atomic E-state index is 4.43. The lowest BCUT2D eigenvalue weighted by Crippen LogP contribution is -1.98. The number of hydrogen-bond donors (Lipinski definition) is 1. The van der Waals surface area contributed by atoms with Crippen molar-refractivity contribution in [1.82, 2.24) is 9.97 Å². The van der Waals surface area contributed by atoms with Crippen molar-refractivity contribution in [1.29, 1.82) is 0 Å².